The highest BCUT2D eigenvalue weighted by molar-refractivity contribution is 9.10. The quantitative estimate of drug-likeness (QED) is 0.850. The fourth-order valence-corrected chi connectivity index (χ4v) is 2.40. The molecule has 0 bridgehead atoms. The molecule has 0 aliphatic carbocycles. The molecule has 2 aromatic rings. The molecule has 0 aliphatic rings. The average molecular weight is 305 g/mol. The van der Waals surface area contributed by atoms with Crippen LogP contribution in [0.2, 0.25) is 4.34 Å². The summed E-state index contributed by atoms with van der Waals surface area (Å²) in [6.07, 6.45) is 3.40. The number of nitrogens with zero attached hydrogens (tertiary/aromatic N) is 1. The van der Waals surface area contributed by atoms with Gasteiger partial charge in [0.05, 0.1) is 10.5 Å². The first kappa shape index (κ1) is 10.9. The molecular weight excluding hydrogens is 298 g/mol. The molecule has 0 amide bonds. The third-order valence-corrected chi connectivity index (χ3v) is 3.33. The minimum absolute atomic E-state index is 0.523. The Hall–Kier alpha value is -0.580. The number of pyridine rings is 1. The molecule has 2 heterocycles. The Labute approximate surface area is 105 Å². The van der Waals surface area contributed by atoms with Crippen LogP contribution in [-0.4, -0.2) is 4.98 Å². The first-order valence-corrected chi connectivity index (χ1v) is 6.20. The van der Waals surface area contributed by atoms with E-state index in [9.17, 15) is 0 Å². The van der Waals surface area contributed by atoms with E-state index in [2.05, 4.69) is 20.9 Å². The maximum Gasteiger partial charge on any atom is 0.139 e. The van der Waals surface area contributed by atoms with Gasteiger partial charge in [-0.15, -0.1) is 11.3 Å². The number of halogens is 2. The van der Waals surface area contributed by atoms with Crippen LogP contribution in [0.25, 0.3) is 0 Å². The Kier molecular flexibility index (Phi) is 3.61. The standard InChI is InChI=1S/C10H7BrClNOS/c11-7-3-8(5-13-4-7)14-6-9-1-2-10(12)15-9/h1-5H,6H2. The van der Waals surface area contributed by atoms with Gasteiger partial charge in [-0.05, 0) is 34.1 Å². The first-order valence-electron chi connectivity index (χ1n) is 4.21. The zero-order valence-corrected chi connectivity index (χ0v) is 10.8. The van der Waals surface area contributed by atoms with Crippen molar-refractivity contribution in [3.05, 3.63) is 44.3 Å². The molecule has 0 spiro atoms. The summed E-state index contributed by atoms with van der Waals surface area (Å²) >= 11 is 10.7. The molecule has 78 valence electrons. The van der Waals surface area contributed by atoms with Gasteiger partial charge in [0.15, 0.2) is 0 Å². The summed E-state index contributed by atoms with van der Waals surface area (Å²) in [5.74, 6) is 0.744. The van der Waals surface area contributed by atoms with Crippen LogP contribution in [0.5, 0.6) is 5.75 Å². The van der Waals surface area contributed by atoms with Crippen molar-refractivity contribution in [1.29, 1.82) is 0 Å². The molecule has 0 fully saturated rings. The SMILES string of the molecule is Clc1ccc(COc2cncc(Br)c2)s1. The monoisotopic (exact) mass is 303 g/mol. The van der Waals surface area contributed by atoms with E-state index in [1.165, 1.54) is 11.3 Å². The number of ether oxygens (including phenoxy) is 1. The molecule has 5 heteroatoms. The molecule has 2 aromatic heterocycles. The van der Waals surface area contributed by atoms with Crippen molar-refractivity contribution in [3.8, 4) is 5.75 Å². The van der Waals surface area contributed by atoms with E-state index >= 15 is 0 Å². The molecule has 0 radical (unpaired) electrons. The van der Waals surface area contributed by atoms with Gasteiger partial charge in [0.2, 0.25) is 0 Å². The Morgan fingerprint density at radius 1 is 1.40 bits per heavy atom. The highest BCUT2D eigenvalue weighted by Gasteiger charge is 2.00. The van der Waals surface area contributed by atoms with Crippen molar-refractivity contribution in [2.24, 2.45) is 0 Å². The number of hydrogen-bond donors (Lipinski definition) is 0. The minimum Gasteiger partial charge on any atom is -0.486 e. The summed E-state index contributed by atoms with van der Waals surface area (Å²) in [5, 5.41) is 0. The van der Waals surface area contributed by atoms with Crippen LogP contribution in [0.4, 0.5) is 0 Å². The second-order valence-electron chi connectivity index (χ2n) is 2.83. The van der Waals surface area contributed by atoms with Crippen LogP contribution in [-0.2, 0) is 6.61 Å². The third kappa shape index (κ3) is 3.19. The lowest BCUT2D eigenvalue weighted by Gasteiger charge is -2.03. The van der Waals surface area contributed by atoms with E-state index in [4.69, 9.17) is 16.3 Å². The van der Waals surface area contributed by atoms with E-state index in [0.717, 1.165) is 19.4 Å². The van der Waals surface area contributed by atoms with Gasteiger partial charge in [-0.3, -0.25) is 4.98 Å². The highest BCUT2D eigenvalue weighted by Crippen LogP contribution is 2.23. The number of hydrogen-bond acceptors (Lipinski definition) is 3. The molecule has 2 nitrogen and oxygen atoms in total. The summed E-state index contributed by atoms with van der Waals surface area (Å²) in [4.78, 5) is 5.10. The maximum absolute atomic E-state index is 5.81. The lowest BCUT2D eigenvalue weighted by atomic mass is 10.4. The van der Waals surface area contributed by atoms with Gasteiger partial charge in [0.25, 0.3) is 0 Å². The van der Waals surface area contributed by atoms with Crippen molar-refractivity contribution in [1.82, 2.24) is 4.98 Å². The molecule has 0 aromatic carbocycles. The Bertz CT molecular complexity index is 460. The fraction of sp³-hybridized carbons (Fsp3) is 0.100. The normalized spacial score (nSPS) is 10.3. The zero-order valence-electron chi connectivity index (χ0n) is 7.61. The van der Waals surface area contributed by atoms with Crippen molar-refractivity contribution in [2.45, 2.75) is 6.61 Å². The molecule has 0 saturated heterocycles. The highest BCUT2D eigenvalue weighted by atomic mass is 79.9. The molecular formula is C10H7BrClNOS. The Morgan fingerprint density at radius 3 is 2.93 bits per heavy atom. The second kappa shape index (κ2) is 4.96. The lowest BCUT2D eigenvalue weighted by Crippen LogP contribution is -1.92. The van der Waals surface area contributed by atoms with Crippen molar-refractivity contribution in [2.75, 3.05) is 0 Å². The Balaban J connectivity index is 1.99. The van der Waals surface area contributed by atoms with Gasteiger partial charge in [-0.2, -0.15) is 0 Å². The van der Waals surface area contributed by atoms with E-state index in [0.29, 0.717) is 6.61 Å². The van der Waals surface area contributed by atoms with Gasteiger partial charge < -0.3 is 4.74 Å². The number of aromatic nitrogens is 1. The second-order valence-corrected chi connectivity index (χ2v) is 5.55. The largest absolute Gasteiger partial charge is 0.486 e. The summed E-state index contributed by atoms with van der Waals surface area (Å²) in [7, 11) is 0. The van der Waals surface area contributed by atoms with Gasteiger partial charge >= 0.3 is 0 Å². The predicted octanol–water partition coefficient (Wildman–Crippen LogP) is 4.14. The topological polar surface area (TPSA) is 22.1 Å². The average Bonchev–Trinajstić information content (AvgIpc) is 2.62. The van der Waals surface area contributed by atoms with Gasteiger partial charge in [-0.1, -0.05) is 11.6 Å². The smallest absolute Gasteiger partial charge is 0.139 e. The summed E-state index contributed by atoms with van der Waals surface area (Å²) in [5.41, 5.74) is 0. The third-order valence-electron chi connectivity index (χ3n) is 1.69. The van der Waals surface area contributed by atoms with E-state index in [-0.39, 0.29) is 0 Å². The number of rotatable bonds is 3. The maximum atomic E-state index is 5.81. The summed E-state index contributed by atoms with van der Waals surface area (Å²) in [6, 6.07) is 5.70. The first-order chi connectivity index (χ1) is 7.24. The van der Waals surface area contributed by atoms with Gasteiger partial charge in [0.1, 0.15) is 12.4 Å². The van der Waals surface area contributed by atoms with E-state index < -0.39 is 0 Å². The van der Waals surface area contributed by atoms with Crippen LogP contribution >= 0.6 is 38.9 Å². The molecule has 0 unspecified atom stereocenters. The molecule has 0 aliphatic heterocycles. The van der Waals surface area contributed by atoms with Crippen LogP contribution in [0.15, 0.2) is 35.1 Å². The summed E-state index contributed by atoms with van der Waals surface area (Å²) in [6.45, 7) is 0.523. The Morgan fingerprint density at radius 2 is 2.27 bits per heavy atom. The van der Waals surface area contributed by atoms with Crippen molar-refractivity contribution in [3.63, 3.8) is 0 Å². The predicted molar refractivity (Wildman–Crippen MR) is 65.6 cm³/mol. The van der Waals surface area contributed by atoms with Crippen LogP contribution in [0.3, 0.4) is 0 Å². The lowest BCUT2D eigenvalue weighted by molar-refractivity contribution is 0.308. The van der Waals surface area contributed by atoms with Gasteiger partial charge in [-0.25, -0.2) is 0 Å². The minimum atomic E-state index is 0.523. The molecule has 0 N–H and O–H groups in total. The zero-order chi connectivity index (χ0) is 10.7. The number of thiophene rings is 1. The molecule has 0 saturated carbocycles. The molecule has 2 rings (SSSR count). The van der Waals surface area contributed by atoms with E-state index in [1.807, 2.05) is 18.2 Å². The fourth-order valence-electron chi connectivity index (χ4n) is 1.06. The summed E-state index contributed by atoms with van der Waals surface area (Å²) < 4.78 is 7.23. The van der Waals surface area contributed by atoms with Crippen LogP contribution in [0, 0.1) is 0 Å². The van der Waals surface area contributed by atoms with Crippen LogP contribution in [0.1, 0.15) is 4.88 Å². The van der Waals surface area contributed by atoms with Crippen LogP contribution < -0.4 is 4.74 Å². The van der Waals surface area contributed by atoms with Crippen molar-refractivity contribution >= 4 is 38.9 Å². The van der Waals surface area contributed by atoms with E-state index in [1.54, 1.807) is 12.4 Å². The molecule has 0 atom stereocenters. The molecule has 15 heavy (non-hydrogen) atoms. The van der Waals surface area contributed by atoms with Gasteiger partial charge in [0, 0.05) is 15.5 Å². The van der Waals surface area contributed by atoms with Crippen molar-refractivity contribution < 1.29 is 4.74 Å².